The summed E-state index contributed by atoms with van der Waals surface area (Å²) in [5, 5.41) is 0. The average Bonchev–Trinajstić information content (AvgIpc) is 1.00. The van der Waals surface area contributed by atoms with E-state index < -0.39 is 0 Å². The van der Waals surface area contributed by atoms with Crippen LogP contribution < -0.4 is 0 Å². The maximum atomic E-state index is 8.30. The molecule has 0 N–H and O–H groups in total. The molecule has 26 valence electrons. The molecule has 0 aliphatic heterocycles. The van der Waals surface area contributed by atoms with Gasteiger partial charge in [0.2, 0.25) is 0 Å². The fourth-order valence-corrected chi connectivity index (χ4v) is 0. The van der Waals surface area contributed by atoms with Gasteiger partial charge in [0.25, 0.3) is 0 Å². The molecule has 2 radical (unpaired) electrons. The molecule has 0 heterocycles. The number of hydrogen-bond donors (Lipinski definition) is 0. The van der Waals surface area contributed by atoms with Gasteiger partial charge in [-0.05, 0) is 0 Å². The Hall–Kier alpha value is 1.73. The van der Waals surface area contributed by atoms with Crippen LogP contribution >= 0.6 is 0 Å². The van der Waals surface area contributed by atoms with Crippen LogP contribution in [0, 0.1) is 35.6 Å². The van der Waals surface area contributed by atoms with Gasteiger partial charge in [-0.2, -0.15) is 0 Å². The van der Waals surface area contributed by atoms with Crippen molar-refractivity contribution in [2.75, 3.05) is 0 Å². The summed E-state index contributed by atoms with van der Waals surface area (Å²) < 4.78 is 8.30. The minimum atomic E-state index is 0. The van der Waals surface area contributed by atoms with Crippen LogP contribution in [0.1, 0.15) is 0 Å². The van der Waals surface area contributed by atoms with E-state index in [0.29, 0.717) is 23.0 Å². The van der Waals surface area contributed by atoms with Gasteiger partial charge in [-0.25, -0.2) is 0 Å². The van der Waals surface area contributed by atoms with Crippen molar-refractivity contribution in [2.24, 2.45) is 0 Å². The Labute approximate surface area is 71.6 Å². The van der Waals surface area contributed by atoms with E-state index in [1.54, 1.807) is 0 Å². The van der Waals surface area contributed by atoms with Crippen molar-refractivity contribution < 1.29 is 49.6 Å². The second kappa shape index (κ2) is 42.8. The third-order valence-electron chi connectivity index (χ3n) is 0. The molecule has 0 atom stereocenters. The Bertz CT molecular complexity index is 6.85. The predicted octanol–water partition coefficient (Wildman–Crippen LogP) is -0.737. The van der Waals surface area contributed by atoms with E-state index in [4.69, 9.17) is 3.02 Å². The summed E-state index contributed by atoms with van der Waals surface area (Å²) in [6.07, 6.45) is 0. The molecule has 0 saturated heterocycles. The molecule has 0 amide bonds. The summed E-state index contributed by atoms with van der Waals surface area (Å²) in [5.41, 5.74) is 0. The zero-order chi connectivity index (χ0) is 2.00. The molecule has 0 aliphatic rings. The van der Waals surface area contributed by atoms with Crippen molar-refractivity contribution in [3.63, 3.8) is 0 Å². The molecule has 0 aliphatic carbocycles. The van der Waals surface area contributed by atoms with E-state index in [1.165, 1.54) is 0 Å². The van der Waals surface area contributed by atoms with Crippen LogP contribution in [-0.4, -0.2) is 23.0 Å². The topological polar surface area (TPSA) is 74.1 Å². The van der Waals surface area contributed by atoms with Crippen molar-refractivity contribution in [2.45, 2.75) is 0 Å². The van der Waals surface area contributed by atoms with Crippen LogP contribution in [0.15, 0.2) is 0 Å². The molecule has 0 bridgehead atoms. The van der Waals surface area contributed by atoms with Crippen LogP contribution in [0.25, 0.3) is 0 Å². The molecule has 0 spiro atoms. The molecular weight excluding hydrogens is 309 g/mol. The van der Waals surface area contributed by atoms with Gasteiger partial charge in [0.15, 0.2) is 0 Å². The normalized spacial score (nSPS) is 0.800. The van der Waals surface area contributed by atoms with Crippen molar-refractivity contribution in [1.82, 2.24) is 0 Å². The predicted molar refractivity (Wildman–Crippen MR) is 7.81 cm³/mol. The summed E-state index contributed by atoms with van der Waals surface area (Å²) in [6, 6.07) is 0. The maximum absolute atomic E-state index is 8.30. The standard InChI is InChI=1S/La.3O.Sb/q+3;;2*-2;+1. The van der Waals surface area contributed by atoms with Gasteiger partial charge in [-0.1, -0.05) is 0 Å². The van der Waals surface area contributed by atoms with E-state index in [9.17, 15) is 0 Å². The van der Waals surface area contributed by atoms with E-state index in [2.05, 4.69) is 0 Å². The molecule has 0 rings (SSSR count). The SMILES string of the molecule is [La+3].[O-2].[O-2].[O]=[Sb+]. The van der Waals surface area contributed by atoms with Gasteiger partial charge in [0, 0.05) is 0 Å². The summed E-state index contributed by atoms with van der Waals surface area (Å²) >= 11 is 0.500. The molecular formula is LaO3Sb. The van der Waals surface area contributed by atoms with Crippen LogP contribution in [0.2, 0.25) is 0 Å². The van der Waals surface area contributed by atoms with Gasteiger partial charge in [-0.15, -0.1) is 0 Å². The van der Waals surface area contributed by atoms with Crippen LogP contribution in [-0.2, 0) is 14.0 Å². The zero-order valence-corrected chi connectivity index (χ0v) is 8.43. The Balaban J connectivity index is -0.00000000167. The Morgan fingerprint density at radius 3 is 1.00 bits per heavy atom. The van der Waals surface area contributed by atoms with E-state index in [1.807, 2.05) is 0 Å². The Morgan fingerprint density at radius 2 is 1.00 bits per heavy atom. The molecule has 5 heteroatoms. The van der Waals surface area contributed by atoms with Gasteiger partial charge >= 0.3 is 61.6 Å². The van der Waals surface area contributed by atoms with Crippen LogP contribution in [0.3, 0.4) is 0 Å². The number of hydrogen-bond acceptors (Lipinski definition) is 1. The molecule has 0 aromatic carbocycles. The summed E-state index contributed by atoms with van der Waals surface area (Å²) in [4.78, 5) is 0. The quantitative estimate of drug-likeness (QED) is 0.543. The van der Waals surface area contributed by atoms with Gasteiger partial charge in [0.05, 0.1) is 0 Å². The fourth-order valence-electron chi connectivity index (χ4n) is 0. The van der Waals surface area contributed by atoms with Crippen molar-refractivity contribution in [3.05, 3.63) is 0 Å². The van der Waals surface area contributed by atoms with E-state index >= 15 is 0 Å². The first kappa shape index (κ1) is 29.6. The molecule has 5 heavy (non-hydrogen) atoms. The average molecular weight is 309 g/mol. The minimum absolute atomic E-state index is 0. The second-order valence-electron chi connectivity index (χ2n) is 0. The van der Waals surface area contributed by atoms with E-state index in [-0.39, 0.29) is 46.6 Å². The van der Waals surface area contributed by atoms with Gasteiger partial charge in [0.1, 0.15) is 0 Å². The third kappa shape index (κ3) is 26.6. The first-order valence-electron chi connectivity index (χ1n) is 0.183. The van der Waals surface area contributed by atoms with Gasteiger partial charge in [-0.3, -0.25) is 0 Å². The Morgan fingerprint density at radius 1 is 1.00 bits per heavy atom. The summed E-state index contributed by atoms with van der Waals surface area (Å²) in [7, 11) is 0. The monoisotopic (exact) mass is 308 g/mol. The second-order valence-corrected chi connectivity index (χ2v) is 0. The zero-order valence-electron chi connectivity index (χ0n) is 2.25. The van der Waals surface area contributed by atoms with Gasteiger partial charge < -0.3 is 11.0 Å². The van der Waals surface area contributed by atoms with Crippen molar-refractivity contribution in [3.8, 4) is 0 Å². The molecule has 0 saturated carbocycles. The molecule has 0 fully saturated rings. The van der Waals surface area contributed by atoms with Crippen molar-refractivity contribution >= 4 is 23.0 Å². The van der Waals surface area contributed by atoms with Crippen molar-refractivity contribution in [1.29, 1.82) is 0 Å². The first-order valence-corrected chi connectivity index (χ1v) is 1.22. The fraction of sp³-hybridized carbons (Fsp3) is 0. The third-order valence-corrected chi connectivity index (χ3v) is 0. The van der Waals surface area contributed by atoms with Crippen LogP contribution in [0.5, 0.6) is 0 Å². The van der Waals surface area contributed by atoms with Crippen LogP contribution in [0.4, 0.5) is 0 Å². The summed E-state index contributed by atoms with van der Waals surface area (Å²) in [6.45, 7) is 0. The molecule has 0 unspecified atom stereocenters. The molecule has 0 aromatic rings. The summed E-state index contributed by atoms with van der Waals surface area (Å²) in [5.74, 6) is 0. The first-order chi connectivity index (χ1) is 1.00. The number of rotatable bonds is 0. The molecule has 0 aromatic heterocycles. The Kier molecular flexibility index (Phi) is 253. The van der Waals surface area contributed by atoms with E-state index in [0.717, 1.165) is 0 Å². The molecule has 3 nitrogen and oxygen atoms in total.